The number of thiophene rings is 1. The van der Waals surface area contributed by atoms with Gasteiger partial charge < -0.3 is 0 Å². The van der Waals surface area contributed by atoms with Crippen molar-refractivity contribution < 1.29 is 21.8 Å². The second kappa shape index (κ2) is 2.50. The molecule has 0 radical (unpaired) electrons. The van der Waals surface area contributed by atoms with Crippen LogP contribution in [0.3, 0.4) is 0 Å². The summed E-state index contributed by atoms with van der Waals surface area (Å²) in [5.74, 6) is -1.27. The molecule has 1 heterocycles. The van der Waals surface area contributed by atoms with E-state index < -0.39 is 25.3 Å². The molecule has 3 nitrogen and oxygen atoms in total. The van der Waals surface area contributed by atoms with Gasteiger partial charge in [-0.05, 0) is 0 Å². The maximum Gasteiger partial charge on any atom is 0.307 e. The molecule has 0 atom stereocenters. The molecule has 11 heavy (non-hydrogen) atoms. The summed E-state index contributed by atoms with van der Waals surface area (Å²) in [4.78, 5) is 0. The largest absolute Gasteiger partial charge is 0.307 e. The molecule has 1 aromatic rings. The van der Waals surface area contributed by atoms with Gasteiger partial charge in [-0.25, -0.2) is 4.39 Å². The molecule has 0 fully saturated rings. The monoisotopic (exact) mass is 200 g/mol. The molecular formula is C4H2F2O3S2. The summed E-state index contributed by atoms with van der Waals surface area (Å²) in [6.45, 7) is 0. The molecule has 1 N–H and O–H groups in total. The minimum atomic E-state index is -4.61. The van der Waals surface area contributed by atoms with E-state index in [-0.39, 0.29) is 11.3 Å². The van der Waals surface area contributed by atoms with Crippen LogP contribution < -0.4 is 0 Å². The molecule has 0 aromatic carbocycles. The quantitative estimate of drug-likeness (QED) is 0.694. The summed E-state index contributed by atoms with van der Waals surface area (Å²) < 4.78 is 52.2. The van der Waals surface area contributed by atoms with Gasteiger partial charge in [-0.3, -0.25) is 4.55 Å². The summed E-state index contributed by atoms with van der Waals surface area (Å²) in [5, 5.41) is -0.991. The molecule has 62 valence electrons. The van der Waals surface area contributed by atoms with Crippen LogP contribution in [-0.4, -0.2) is 13.0 Å². The third kappa shape index (κ3) is 1.73. The summed E-state index contributed by atoms with van der Waals surface area (Å²) in [6.07, 6.45) is 0. The summed E-state index contributed by atoms with van der Waals surface area (Å²) >= 11 is 0.0417. The van der Waals surface area contributed by atoms with E-state index in [1.807, 2.05) is 0 Å². The van der Waals surface area contributed by atoms with Crippen molar-refractivity contribution in [3.8, 4) is 0 Å². The van der Waals surface area contributed by atoms with Gasteiger partial charge in [0.05, 0.1) is 0 Å². The highest BCUT2D eigenvalue weighted by molar-refractivity contribution is 7.88. The Morgan fingerprint density at radius 2 is 2.00 bits per heavy atom. The Morgan fingerprint density at radius 1 is 1.45 bits per heavy atom. The fourth-order valence-corrected chi connectivity index (χ4v) is 1.96. The van der Waals surface area contributed by atoms with Crippen LogP contribution in [0.15, 0.2) is 10.3 Å². The first-order chi connectivity index (χ1) is 4.91. The molecule has 1 rings (SSSR count). The normalized spacial score (nSPS) is 11.9. The molecule has 0 aliphatic rings. The van der Waals surface area contributed by atoms with Gasteiger partial charge >= 0.3 is 10.1 Å². The lowest BCUT2D eigenvalue weighted by Crippen LogP contribution is -1.96. The molecule has 7 heteroatoms. The number of hydrogen-bond acceptors (Lipinski definition) is 3. The fourth-order valence-electron chi connectivity index (χ4n) is 0.501. The third-order valence-electron chi connectivity index (χ3n) is 0.860. The van der Waals surface area contributed by atoms with E-state index >= 15 is 0 Å². The van der Waals surface area contributed by atoms with Crippen LogP contribution in [0.1, 0.15) is 0 Å². The number of halogens is 2. The molecule has 0 unspecified atom stereocenters. The maximum absolute atomic E-state index is 12.3. The van der Waals surface area contributed by atoms with Crippen LogP contribution in [0.2, 0.25) is 0 Å². The van der Waals surface area contributed by atoms with Gasteiger partial charge in [0.25, 0.3) is 0 Å². The van der Waals surface area contributed by atoms with Crippen molar-refractivity contribution in [1.29, 1.82) is 0 Å². The van der Waals surface area contributed by atoms with Crippen LogP contribution in [0.4, 0.5) is 8.78 Å². The fraction of sp³-hybridized carbons (Fsp3) is 0. The van der Waals surface area contributed by atoms with E-state index in [9.17, 15) is 17.2 Å². The Bertz CT molecular complexity index is 367. The average Bonchev–Trinajstić information content (AvgIpc) is 2.08. The van der Waals surface area contributed by atoms with Crippen LogP contribution in [0.5, 0.6) is 0 Å². The first kappa shape index (κ1) is 8.57. The van der Waals surface area contributed by atoms with Crippen LogP contribution >= 0.6 is 11.3 Å². The SMILES string of the molecule is O=S(=O)(O)c1sc(F)cc1F. The van der Waals surface area contributed by atoms with Gasteiger partial charge in [0, 0.05) is 6.07 Å². The Balaban J connectivity index is 3.36. The van der Waals surface area contributed by atoms with Crippen molar-refractivity contribution in [3.63, 3.8) is 0 Å². The molecule has 0 spiro atoms. The highest BCUT2D eigenvalue weighted by Crippen LogP contribution is 2.23. The third-order valence-corrected chi connectivity index (χ3v) is 3.10. The van der Waals surface area contributed by atoms with E-state index in [0.717, 1.165) is 0 Å². The second-order valence-electron chi connectivity index (χ2n) is 1.66. The van der Waals surface area contributed by atoms with Crippen LogP contribution in [0.25, 0.3) is 0 Å². The second-order valence-corrected chi connectivity index (χ2v) is 4.28. The zero-order chi connectivity index (χ0) is 8.65. The predicted octanol–water partition coefficient (Wildman–Crippen LogP) is 1.27. The minimum absolute atomic E-state index is 0.0417. The molecular weight excluding hydrogens is 198 g/mol. The summed E-state index contributed by atoms with van der Waals surface area (Å²) in [7, 11) is -4.61. The molecule has 0 amide bonds. The molecule has 0 aliphatic heterocycles. The van der Waals surface area contributed by atoms with Crippen molar-refractivity contribution >= 4 is 21.5 Å². The summed E-state index contributed by atoms with van der Waals surface area (Å²) in [5.41, 5.74) is 0. The number of rotatable bonds is 1. The highest BCUT2D eigenvalue weighted by atomic mass is 32.3. The Labute approximate surface area is 65.0 Å². The topological polar surface area (TPSA) is 54.4 Å². The van der Waals surface area contributed by atoms with Gasteiger partial charge in [0.2, 0.25) is 0 Å². The zero-order valence-corrected chi connectivity index (χ0v) is 6.55. The highest BCUT2D eigenvalue weighted by Gasteiger charge is 2.19. The Kier molecular flexibility index (Phi) is 1.95. The van der Waals surface area contributed by atoms with Crippen molar-refractivity contribution in [2.45, 2.75) is 4.21 Å². The average molecular weight is 200 g/mol. The first-order valence-corrected chi connectivity index (χ1v) is 4.59. The van der Waals surface area contributed by atoms with Crippen molar-refractivity contribution in [3.05, 3.63) is 17.0 Å². The van der Waals surface area contributed by atoms with E-state index in [4.69, 9.17) is 4.55 Å². The Morgan fingerprint density at radius 3 is 2.18 bits per heavy atom. The minimum Gasteiger partial charge on any atom is -0.281 e. The lowest BCUT2D eigenvalue weighted by Gasteiger charge is -1.87. The zero-order valence-electron chi connectivity index (χ0n) is 4.91. The van der Waals surface area contributed by atoms with Crippen LogP contribution in [-0.2, 0) is 10.1 Å². The van der Waals surface area contributed by atoms with Gasteiger partial charge in [0.1, 0.15) is 0 Å². The smallest absolute Gasteiger partial charge is 0.281 e. The molecule has 0 bridgehead atoms. The van der Waals surface area contributed by atoms with Gasteiger partial charge in [-0.1, -0.05) is 11.3 Å². The predicted molar refractivity (Wildman–Crippen MR) is 34.0 cm³/mol. The molecule has 0 aliphatic carbocycles. The lowest BCUT2D eigenvalue weighted by molar-refractivity contribution is 0.478. The van der Waals surface area contributed by atoms with Gasteiger partial charge in [0.15, 0.2) is 15.2 Å². The van der Waals surface area contributed by atoms with Gasteiger partial charge in [-0.2, -0.15) is 12.8 Å². The standard InChI is InChI=1S/C4H2F2O3S2/c5-2-1-3(6)10-4(2)11(7,8)9/h1H,(H,7,8,9). The number of hydrogen-bond donors (Lipinski definition) is 1. The molecule has 0 saturated heterocycles. The first-order valence-electron chi connectivity index (χ1n) is 2.33. The van der Waals surface area contributed by atoms with Crippen molar-refractivity contribution in [2.24, 2.45) is 0 Å². The van der Waals surface area contributed by atoms with E-state index in [1.165, 1.54) is 0 Å². The van der Waals surface area contributed by atoms with Gasteiger partial charge in [-0.15, -0.1) is 0 Å². The van der Waals surface area contributed by atoms with Crippen LogP contribution in [0, 0.1) is 10.9 Å². The summed E-state index contributed by atoms with van der Waals surface area (Å²) in [6, 6.07) is 0.397. The molecule has 1 aromatic heterocycles. The Hall–Kier alpha value is -0.530. The van der Waals surface area contributed by atoms with Crippen molar-refractivity contribution in [2.75, 3.05) is 0 Å². The van der Waals surface area contributed by atoms with Crippen molar-refractivity contribution in [1.82, 2.24) is 0 Å². The molecule has 0 saturated carbocycles. The van der Waals surface area contributed by atoms with E-state index in [1.54, 1.807) is 0 Å². The maximum atomic E-state index is 12.3. The lowest BCUT2D eigenvalue weighted by atomic mass is 10.6. The van der Waals surface area contributed by atoms with E-state index in [2.05, 4.69) is 0 Å². The van der Waals surface area contributed by atoms with E-state index in [0.29, 0.717) is 6.07 Å².